The van der Waals surface area contributed by atoms with Crippen LogP contribution < -0.4 is 0 Å². The zero-order valence-electron chi connectivity index (χ0n) is 6.85. The van der Waals surface area contributed by atoms with Gasteiger partial charge in [0.15, 0.2) is 0 Å². The third-order valence-corrected chi connectivity index (χ3v) is 2.78. The van der Waals surface area contributed by atoms with Crippen molar-refractivity contribution in [2.45, 2.75) is 39.5 Å². The molecule has 0 aliphatic heterocycles. The summed E-state index contributed by atoms with van der Waals surface area (Å²) in [6, 6.07) is 2.45. The van der Waals surface area contributed by atoms with Gasteiger partial charge in [-0.25, -0.2) is 0 Å². The minimum absolute atomic E-state index is 0.115. The van der Waals surface area contributed by atoms with E-state index in [1.807, 2.05) is 0 Å². The average molecular weight is 137 g/mol. The smallest absolute Gasteiger partial charge is 0.0692 e. The van der Waals surface area contributed by atoms with Crippen molar-refractivity contribution in [2.75, 3.05) is 0 Å². The first kappa shape index (κ1) is 7.60. The molecule has 1 fully saturated rings. The first-order valence-corrected chi connectivity index (χ1v) is 4.20. The summed E-state index contributed by atoms with van der Waals surface area (Å²) in [4.78, 5) is 0. The van der Waals surface area contributed by atoms with Crippen LogP contribution in [-0.4, -0.2) is 0 Å². The van der Waals surface area contributed by atoms with E-state index in [-0.39, 0.29) is 5.41 Å². The fourth-order valence-electron chi connectivity index (χ4n) is 1.82. The van der Waals surface area contributed by atoms with Gasteiger partial charge in [-0.05, 0) is 18.8 Å². The lowest BCUT2D eigenvalue weighted by Gasteiger charge is -2.16. The van der Waals surface area contributed by atoms with Gasteiger partial charge in [-0.3, -0.25) is 0 Å². The number of nitrogens with zero attached hydrogens (tertiary/aromatic N) is 1. The third-order valence-electron chi connectivity index (χ3n) is 2.78. The Bertz CT molecular complexity index is 147. The molecule has 0 N–H and O–H groups in total. The van der Waals surface area contributed by atoms with Gasteiger partial charge in [0.25, 0.3) is 0 Å². The lowest BCUT2D eigenvalue weighted by atomic mass is 9.86. The number of nitriles is 1. The predicted molar refractivity (Wildman–Crippen MR) is 41.4 cm³/mol. The fraction of sp³-hybridized carbons (Fsp3) is 0.889. The Morgan fingerprint density at radius 1 is 1.40 bits per heavy atom. The molecule has 1 rings (SSSR count). The maximum absolute atomic E-state index is 8.84. The minimum atomic E-state index is 0.115. The van der Waals surface area contributed by atoms with Crippen LogP contribution in [0.5, 0.6) is 0 Å². The highest BCUT2D eigenvalue weighted by molar-refractivity contribution is 5.12. The van der Waals surface area contributed by atoms with Crippen LogP contribution in [-0.2, 0) is 0 Å². The van der Waals surface area contributed by atoms with E-state index >= 15 is 0 Å². The largest absolute Gasteiger partial charge is 0.198 e. The van der Waals surface area contributed by atoms with Crippen molar-refractivity contribution in [3.8, 4) is 6.07 Å². The lowest BCUT2D eigenvalue weighted by molar-refractivity contribution is 0.360. The van der Waals surface area contributed by atoms with Crippen LogP contribution in [0.1, 0.15) is 39.5 Å². The van der Waals surface area contributed by atoms with Crippen LogP contribution >= 0.6 is 0 Å². The molecule has 0 heterocycles. The molecule has 0 atom stereocenters. The molecule has 1 saturated carbocycles. The zero-order valence-corrected chi connectivity index (χ0v) is 6.85. The molecule has 0 aromatic rings. The topological polar surface area (TPSA) is 23.8 Å². The molecule has 0 saturated heterocycles. The van der Waals surface area contributed by atoms with Crippen molar-refractivity contribution in [1.29, 1.82) is 5.26 Å². The van der Waals surface area contributed by atoms with Crippen LogP contribution in [0.15, 0.2) is 0 Å². The average Bonchev–Trinajstić information content (AvgIpc) is 2.72. The molecule has 0 aromatic carbocycles. The van der Waals surface area contributed by atoms with Gasteiger partial charge in [0.1, 0.15) is 0 Å². The summed E-state index contributed by atoms with van der Waals surface area (Å²) in [5.74, 6) is 0.664. The van der Waals surface area contributed by atoms with Gasteiger partial charge < -0.3 is 0 Å². The SMILES string of the molecule is CCC(CC)C1(C#N)CC1. The van der Waals surface area contributed by atoms with E-state index in [4.69, 9.17) is 5.26 Å². The molecule has 10 heavy (non-hydrogen) atoms. The van der Waals surface area contributed by atoms with E-state index in [1.165, 1.54) is 12.8 Å². The van der Waals surface area contributed by atoms with Crippen molar-refractivity contribution in [1.82, 2.24) is 0 Å². The molecule has 0 spiro atoms. The summed E-state index contributed by atoms with van der Waals surface area (Å²) in [6.07, 6.45) is 4.64. The van der Waals surface area contributed by atoms with Gasteiger partial charge in [0, 0.05) is 0 Å². The van der Waals surface area contributed by atoms with Crippen LogP contribution in [0, 0.1) is 22.7 Å². The van der Waals surface area contributed by atoms with Crippen LogP contribution in [0.4, 0.5) is 0 Å². The molecular formula is C9H15N. The van der Waals surface area contributed by atoms with Crippen LogP contribution in [0.3, 0.4) is 0 Å². The minimum Gasteiger partial charge on any atom is -0.198 e. The number of rotatable bonds is 3. The molecule has 0 unspecified atom stereocenters. The summed E-state index contributed by atoms with van der Waals surface area (Å²) in [7, 11) is 0. The van der Waals surface area contributed by atoms with Crippen molar-refractivity contribution in [3.05, 3.63) is 0 Å². The van der Waals surface area contributed by atoms with E-state index < -0.39 is 0 Å². The number of hydrogen-bond acceptors (Lipinski definition) is 1. The van der Waals surface area contributed by atoms with E-state index in [0.29, 0.717) is 5.92 Å². The molecule has 1 heteroatoms. The molecule has 0 aromatic heterocycles. The van der Waals surface area contributed by atoms with Gasteiger partial charge in [-0.15, -0.1) is 0 Å². The highest BCUT2D eigenvalue weighted by atomic mass is 14.5. The Morgan fingerprint density at radius 2 is 1.90 bits per heavy atom. The van der Waals surface area contributed by atoms with E-state index in [2.05, 4.69) is 19.9 Å². The van der Waals surface area contributed by atoms with Crippen molar-refractivity contribution in [2.24, 2.45) is 11.3 Å². The Kier molecular flexibility index (Phi) is 1.99. The molecule has 1 aliphatic carbocycles. The Labute approximate surface area is 63.0 Å². The monoisotopic (exact) mass is 137 g/mol. The Balaban J connectivity index is 2.54. The summed E-state index contributed by atoms with van der Waals surface area (Å²) in [5.41, 5.74) is 0.115. The second-order valence-electron chi connectivity index (χ2n) is 3.28. The van der Waals surface area contributed by atoms with Crippen molar-refractivity contribution >= 4 is 0 Å². The summed E-state index contributed by atoms with van der Waals surface area (Å²) in [6.45, 7) is 4.37. The number of hydrogen-bond donors (Lipinski definition) is 0. The Morgan fingerprint density at radius 3 is 2.00 bits per heavy atom. The highest BCUT2D eigenvalue weighted by Gasteiger charge is 2.48. The molecule has 0 amide bonds. The zero-order chi connectivity index (χ0) is 7.61. The molecule has 0 radical (unpaired) electrons. The molecule has 0 bridgehead atoms. The molecule has 56 valence electrons. The second kappa shape index (κ2) is 2.62. The normalized spacial score (nSPS) is 20.6. The van der Waals surface area contributed by atoms with Gasteiger partial charge in [0.05, 0.1) is 11.5 Å². The second-order valence-corrected chi connectivity index (χ2v) is 3.28. The van der Waals surface area contributed by atoms with Crippen LogP contribution in [0.2, 0.25) is 0 Å². The Hall–Kier alpha value is -0.510. The molecular weight excluding hydrogens is 122 g/mol. The van der Waals surface area contributed by atoms with E-state index in [0.717, 1.165) is 12.8 Å². The summed E-state index contributed by atoms with van der Waals surface area (Å²) in [5, 5.41) is 8.84. The van der Waals surface area contributed by atoms with Gasteiger partial charge in [0.2, 0.25) is 0 Å². The first-order valence-electron chi connectivity index (χ1n) is 4.20. The van der Waals surface area contributed by atoms with Crippen LogP contribution in [0.25, 0.3) is 0 Å². The van der Waals surface area contributed by atoms with E-state index in [1.54, 1.807) is 0 Å². The highest BCUT2D eigenvalue weighted by Crippen LogP contribution is 2.53. The predicted octanol–water partition coefficient (Wildman–Crippen LogP) is 2.73. The first-order chi connectivity index (χ1) is 4.79. The maximum atomic E-state index is 8.84. The quantitative estimate of drug-likeness (QED) is 0.586. The molecule has 1 aliphatic rings. The lowest BCUT2D eigenvalue weighted by Crippen LogP contribution is -2.11. The fourth-order valence-corrected chi connectivity index (χ4v) is 1.82. The van der Waals surface area contributed by atoms with Gasteiger partial charge in [-0.1, -0.05) is 26.7 Å². The summed E-state index contributed by atoms with van der Waals surface area (Å²) >= 11 is 0. The van der Waals surface area contributed by atoms with Gasteiger partial charge >= 0.3 is 0 Å². The summed E-state index contributed by atoms with van der Waals surface area (Å²) < 4.78 is 0. The molecule has 1 nitrogen and oxygen atoms in total. The van der Waals surface area contributed by atoms with E-state index in [9.17, 15) is 0 Å². The maximum Gasteiger partial charge on any atom is 0.0692 e. The van der Waals surface area contributed by atoms with Crippen molar-refractivity contribution in [3.63, 3.8) is 0 Å². The van der Waals surface area contributed by atoms with Crippen molar-refractivity contribution < 1.29 is 0 Å². The van der Waals surface area contributed by atoms with Gasteiger partial charge in [-0.2, -0.15) is 5.26 Å². The standard InChI is InChI=1S/C9H15N/c1-3-8(4-2)9(7-10)5-6-9/h8H,3-6H2,1-2H3. The third kappa shape index (κ3) is 1.03.